The van der Waals surface area contributed by atoms with Crippen molar-refractivity contribution in [2.75, 3.05) is 18.5 Å². The lowest BCUT2D eigenvalue weighted by Crippen LogP contribution is -2.49. The first-order chi connectivity index (χ1) is 18.6. The molecule has 0 unspecified atom stereocenters. The van der Waals surface area contributed by atoms with E-state index >= 15 is 0 Å². The number of aromatic nitrogens is 7. The first-order valence-electron chi connectivity index (χ1n) is 12.0. The largest absolute Gasteiger partial charge is 0.418 e. The molecule has 39 heavy (non-hydrogen) atoms. The highest BCUT2D eigenvalue weighted by Gasteiger charge is 2.42. The van der Waals surface area contributed by atoms with Gasteiger partial charge in [0.15, 0.2) is 0 Å². The molecule has 1 aliphatic heterocycles. The number of ether oxygens (including phenoxy) is 1. The molecule has 13 heteroatoms. The molecular formula is C26H23F3N8O2. The molecule has 0 bridgehead atoms. The Kier molecular flexibility index (Phi) is 5.75. The molecule has 4 heterocycles. The summed E-state index contributed by atoms with van der Waals surface area (Å²) in [6, 6.07) is 9.64. The summed E-state index contributed by atoms with van der Waals surface area (Å²) in [4.78, 5) is 24.1. The van der Waals surface area contributed by atoms with Crippen molar-refractivity contribution in [3.05, 3.63) is 77.6 Å². The summed E-state index contributed by atoms with van der Waals surface area (Å²) < 4.78 is 51.2. The Bertz CT molecular complexity index is 1700. The molecule has 0 spiro atoms. The number of aryl methyl sites for hydroxylation is 2. The summed E-state index contributed by atoms with van der Waals surface area (Å²) in [6.07, 6.45) is 0.603. The number of amides is 1. The number of fused-ring (bicyclic) bond motifs is 1. The van der Waals surface area contributed by atoms with Gasteiger partial charge in [-0.15, -0.1) is 10.2 Å². The maximum atomic E-state index is 14.1. The minimum atomic E-state index is -4.72. The van der Waals surface area contributed by atoms with E-state index in [2.05, 4.69) is 30.5 Å². The zero-order valence-corrected chi connectivity index (χ0v) is 21.0. The van der Waals surface area contributed by atoms with Gasteiger partial charge in [-0.25, -0.2) is 9.97 Å². The van der Waals surface area contributed by atoms with Crippen molar-refractivity contribution in [2.45, 2.75) is 18.0 Å². The van der Waals surface area contributed by atoms with Gasteiger partial charge >= 0.3 is 6.18 Å². The second kappa shape index (κ2) is 9.05. The monoisotopic (exact) mass is 536 g/mol. The number of imidazole rings is 2. The van der Waals surface area contributed by atoms with Crippen molar-refractivity contribution in [1.82, 2.24) is 34.3 Å². The van der Waals surface area contributed by atoms with E-state index in [1.54, 1.807) is 30.2 Å². The zero-order valence-electron chi connectivity index (χ0n) is 21.0. The molecule has 0 aliphatic carbocycles. The summed E-state index contributed by atoms with van der Waals surface area (Å²) >= 11 is 0. The number of H-pyrrole nitrogens is 1. The van der Waals surface area contributed by atoms with Crippen molar-refractivity contribution in [2.24, 2.45) is 14.1 Å². The minimum absolute atomic E-state index is 0.0241. The fourth-order valence-corrected chi connectivity index (χ4v) is 4.75. The topological polar surface area (TPSA) is 116 Å². The quantitative estimate of drug-likeness (QED) is 0.341. The van der Waals surface area contributed by atoms with Crippen LogP contribution < -0.4 is 5.32 Å². The fraction of sp³-hybridized carbons (Fsp3) is 0.269. The zero-order chi connectivity index (χ0) is 27.4. The average Bonchev–Trinajstić information content (AvgIpc) is 3.60. The van der Waals surface area contributed by atoms with Crippen LogP contribution in [-0.4, -0.2) is 53.4 Å². The molecule has 3 aromatic heterocycles. The van der Waals surface area contributed by atoms with Gasteiger partial charge in [-0.2, -0.15) is 13.2 Å². The summed E-state index contributed by atoms with van der Waals surface area (Å²) in [5.41, 5.74) is -0.102. The van der Waals surface area contributed by atoms with Crippen LogP contribution in [0.4, 0.5) is 19.1 Å². The van der Waals surface area contributed by atoms with E-state index in [9.17, 15) is 18.0 Å². The highest BCUT2D eigenvalue weighted by Crippen LogP contribution is 2.39. The Hall–Kier alpha value is -4.52. The molecule has 1 fully saturated rings. The van der Waals surface area contributed by atoms with Crippen LogP contribution in [0.1, 0.15) is 27.3 Å². The molecular weight excluding hydrogens is 513 g/mol. The number of benzene rings is 2. The third-order valence-corrected chi connectivity index (χ3v) is 7.01. The lowest BCUT2D eigenvalue weighted by Gasteiger charge is -2.41. The van der Waals surface area contributed by atoms with Crippen LogP contribution in [0.25, 0.3) is 22.4 Å². The van der Waals surface area contributed by atoms with Crippen LogP contribution in [-0.2, 0) is 36.8 Å². The van der Waals surface area contributed by atoms with E-state index in [4.69, 9.17) is 4.74 Å². The SMILES string of the molecule is Cn1cnnc1CC1(c2cccc(-c3nc4cc(C(=O)Nc5nccn5C)cc(C(F)(F)F)c4[nH]3)c2)COC1. The lowest BCUT2D eigenvalue weighted by molar-refractivity contribution is -0.136. The van der Waals surface area contributed by atoms with Crippen molar-refractivity contribution in [3.63, 3.8) is 0 Å². The molecule has 0 atom stereocenters. The second-order valence-electron chi connectivity index (χ2n) is 9.71. The number of nitrogens with zero attached hydrogens (tertiary/aromatic N) is 6. The molecule has 0 radical (unpaired) electrons. The van der Waals surface area contributed by atoms with Gasteiger partial charge in [-0.05, 0) is 23.8 Å². The van der Waals surface area contributed by atoms with Crippen molar-refractivity contribution >= 4 is 22.9 Å². The van der Waals surface area contributed by atoms with Crippen LogP contribution in [0, 0.1) is 0 Å². The highest BCUT2D eigenvalue weighted by atomic mass is 19.4. The van der Waals surface area contributed by atoms with E-state index in [0.717, 1.165) is 17.5 Å². The van der Waals surface area contributed by atoms with E-state index < -0.39 is 17.6 Å². The number of hydrogen-bond acceptors (Lipinski definition) is 6. The molecule has 10 nitrogen and oxygen atoms in total. The van der Waals surface area contributed by atoms with Crippen LogP contribution in [0.5, 0.6) is 0 Å². The van der Waals surface area contributed by atoms with Gasteiger partial charge in [0.25, 0.3) is 5.91 Å². The summed E-state index contributed by atoms with van der Waals surface area (Å²) in [5.74, 6) is 0.550. The Morgan fingerprint density at radius 3 is 2.64 bits per heavy atom. The maximum Gasteiger partial charge on any atom is 0.418 e. The predicted molar refractivity (Wildman–Crippen MR) is 135 cm³/mol. The standard InChI is InChI=1S/C26H23F3N8O2/c1-36-7-6-30-24(36)34-23(38)16-9-18(26(27,28)29)21-19(10-16)32-22(33-21)15-4-3-5-17(8-15)25(12-39-13-25)11-20-35-31-14-37(20)2/h3-10,14H,11-13H2,1-2H3,(H,32,33)(H,30,34,38). The number of nitrogens with one attached hydrogen (secondary N) is 2. The molecule has 1 saturated heterocycles. The third kappa shape index (κ3) is 4.44. The van der Waals surface area contributed by atoms with Gasteiger partial charge in [0.2, 0.25) is 5.95 Å². The normalized spacial score (nSPS) is 14.9. The Labute approximate surface area is 219 Å². The maximum absolute atomic E-state index is 14.1. The molecule has 1 aliphatic rings. The molecule has 2 aromatic carbocycles. The Morgan fingerprint density at radius 2 is 2.00 bits per heavy atom. The molecule has 2 N–H and O–H groups in total. The van der Waals surface area contributed by atoms with Gasteiger partial charge in [-0.1, -0.05) is 18.2 Å². The summed E-state index contributed by atoms with van der Waals surface area (Å²) in [7, 11) is 3.53. The number of anilines is 1. The van der Waals surface area contributed by atoms with Crippen LogP contribution in [0.3, 0.4) is 0 Å². The number of hydrogen-bond donors (Lipinski definition) is 2. The van der Waals surface area contributed by atoms with Gasteiger partial charge in [-0.3, -0.25) is 10.1 Å². The number of aromatic amines is 1. The second-order valence-corrected chi connectivity index (χ2v) is 9.71. The third-order valence-electron chi connectivity index (χ3n) is 7.01. The van der Waals surface area contributed by atoms with Gasteiger partial charge < -0.3 is 18.9 Å². The summed E-state index contributed by atoms with van der Waals surface area (Å²) in [5, 5.41) is 10.7. The van der Waals surface area contributed by atoms with Crippen molar-refractivity contribution in [1.29, 1.82) is 0 Å². The first kappa shape index (κ1) is 24.8. The van der Waals surface area contributed by atoms with E-state index in [1.165, 1.54) is 12.3 Å². The number of halogens is 3. The van der Waals surface area contributed by atoms with Crippen LogP contribution in [0.2, 0.25) is 0 Å². The Morgan fingerprint density at radius 1 is 1.18 bits per heavy atom. The summed E-state index contributed by atoms with van der Waals surface area (Å²) in [6.45, 7) is 0.965. The van der Waals surface area contributed by atoms with E-state index in [0.29, 0.717) is 25.2 Å². The van der Waals surface area contributed by atoms with E-state index in [1.807, 2.05) is 29.8 Å². The average molecular weight is 537 g/mol. The molecule has 5 aromatic rings. The smallest absolute Gasteiger partial charge is 0.379 e. The van der Waals surface area contributed by atoms with Crippen LogP contribution in [0.15, 0.2) is 55.1 Å². The van der Waals surface area contributed by atoms with Crippen molar-refractivity contribution in [3.8, 4) is 11.4 Å². The van der Waals surface area contributed by atoms with Crippen LogP contribution >= 0.6 is 0 Å². The van der Waals surface area contributed by atoms with Crippen molar-refractivity contribution < 1.29 is 22.7 Å². The number of alkyl halides is 3. The van der Waals surface area contributed by atoms with Gasteiger partial charge in [0.05, 0.1) is 29.8 Å². The predicted octanol–water partition coefficient (Wildman–Crippen LogP) is 3.87. The molecule has 200 valence electrons. The Balaban J connectivity index is 1.38. The fourth-order valence-electron chi connectivity index (χ4n) is 4.75. The van der Waals surface area contributed by atoms with Gasteiger partial charge in [0, 0.05) is 49.5 Å². The van der Waals surface area contributed by atoms with Gasteiger partial charge in [0.1, 0.15) is 18.0 Å². The number of carbonyl (C=O) groups is 1. The molecule has 0 saturated carbocycles. The van der Waals surface area contributed by atoms with E-state index in [-0.39, 0.29) is 33.8 Å². The molecule has 1 amide bonds. The highest BCUT2D eigenvalue weighted by molar-refractivity contribution is 6.06. The molecule has 6 rings (SSSR count). The minimum Gasteiger partial charge on any atom is -0.379 e. The number of carbonyl (C=O) groups excluding carboxylic acids is 1. The lowest BCUT2D eigenvalue weighted by atomic mass is 9.75. The number of rotatable bonds is 6. The first-order valence-corrected chi connectivity index (χ1v) is 12.0.